The van der Waals surface area contributed by atoms with Crippen molar-refractivity contribution in [3.8, 4) is 0 Å². The fourth-order valence-electron chi connectivity index (χ4n) is 6.11. The highest BCUT2D eigenvalue weighted by Crippen LogP contribution is 2.45. The number of hydroxylamine groups is 2. The number of nitrogens with zero attached hydrogens (tertiary/aromatic N) is 1. The van der Waals surface area contributed by atoms with Crippen LogP contribution in [0, 0.1) is 5.92 Å². The van der Waals surface area contributed by atoms with E-state index in [2.05, 4.69) is 70.7 Å². The standard InChI is InChI=1S/C29H44NO/c1-6-7-8-9-10-11-12-23-13-15-24(16-14-23)25-17-19-26(20-18-25)27-21-28(2,3)30(31)29(4,5)22-27/h6,9-10,17-20,23-24,27H,1,7-8,11-16,21-22H2,2-5H3/b10-9+. The molecule has 1 saturated heterocycles. The first kappa shape index (κ1) is 24.3. The van der Waals surface area contributed by atoms with Crippen molar-refractivity contribution in [2.24, 2.45) is 5.92 Å². The first-order valence-electron chi connectivity index (χ1n) is 12.6. The maximum Gasteiger partial charge on any atom is 0.0449 e. The van der Waals surface area contributed by atoms with Gasteiger partial charge in [-0.15, -0.1) is 16.8 Å². The lowest BCUT2D eigenvalue weighted by Crippen LogP contribution is -2.57. The average Bonchev–Trinajstić information content (AvgIpc) is 2.74. The molecule has 0 amide bonds. The molecule has 0 atom stereocenters. The maximum absolute atomic E-state index is 12.7. The molecule has 0 N–H and O–H groups in total. The maximum atomic E-state index is 12.7. The van der Waals surface area contributed by atoms with Gasteiger partial charge in [-0.05, 0) is 121 Å². The van der Waals surface area contributed by atoms with Crippen LogP contribution in [-0.2, 0) is 5.21 Å². The summed E-state index contributed by atoms with van der Waals surface area (Å²) in [5.41, 5.74) is 2.33. The molecule has 1 heterocycles. The second-order valence-corrected chi connectivity index (χ2v) is 11.3. The number of hydrogen-bond acceptors (Lipinski definition) is 1. The highest BCUT2D eigenvalue weighted by molar-refractivity contribution is 5.29. The van der Waals surface area contributed by atoms with Crippen LogP contribution in [-0.4, -0.2) is 16.1 Å². The van der Waals surface area contributed by atoms with Gasteiger partial charge in [0.05, 0.1) is 0 Å². The summed E-state index contributed by atoms with van der Waals surface area (Å²) in [6.07, 6.45) is 18.8. The van der Waals surface area contributed by atoms with E-state index in [0.717, 1.165) is 37.5 Å². The first-order valence-corrected chi connectivity index (χ1v) is 12.6. The minimum Gasteiger partial charge on any atom is -0.144 e. The smallest absolute Gasteiger partial charge is 0.0449 e. The minimum atomic E-state index is -0.301. The van der Waals surface area contributed by atoms with Gasteiger partial charge >= 0.3 is 0 Å². The molecule has 0 aromatic heterocycles. The van der Waals surface area contributed by atoms with Crippen LogP contribution in [0.5, 0.6) is 0 Å². The Balaban J connectivity index is 1.50. The molecule has 171 valence electrons. The lowest BCUT2D eigenvalue weighted by Gasteiger charge is -2.50. The number of piperidine rings is 1. The van der Waals surface area contributed by atoms with Crippen molar-refractivity contribution in [3.63, 3.8) is 0 Å². The molecule has 2 fully saturated rings. The van der Waals surface area contributed by atoms with Crippen LogP contribution in [0.3, 0.4) is 0 Å². The molecular weight excluding hydrogens is 378 g/mol. The van der Waals surface area contributed by atoms with Gasteiger partial charge in [-0.25, -0.2) is 0 Å². The third-order valence-electron chi connectivity index (χ3n) is 7.76. The van der Waals surface area contributed by atoms with Gasteiger partial charge in [-0.3, -0.25) is 0 Å². The fourth-order valence-corrected chi connectivity index (χ4v) is 6.11. The van der Waals surface area contributed by atoms with E-state index >= 15 is 0 Å². The van der Waals surface area contributed by atoms with Gasteiger partial charge in [0.2, 0.25) is 0 Å². The number of unbranched alkanes of at least 4 members (excludes halogenated alkanes) is 1. The van der Waals surface area contributed by atoms with Crippen molar-refractivity contribution in [2.75, 3.05) is 0 Å². The summed E-state index contributed by atoms with van der Waals surface area (Å²) in [7, 11) is 0. The van der Waals surface area contributed by atoms with Crippen molar-refractivity contribution in [1.82, 2.24) is 5.06 Å². The van der Waals surface area contributed by atoms with Crippen LogP contribution in [0.1, 0.15) is 115 Å². The summed E-state index contributed by atoms with van der Waals surface area (Å²) < 4.78 is 0. The van der Waals surface area contributed by atoms with E-state index in [1.165, 1.54) is 54.7 Å². The molecule has 31 heavy (non-hydrogen) atoms. The predicted octanol–water partition coefficient (Wildman–Crippen LogP) is 8.35. The molecule has 1 aromatic carbocycles. The zero-order valence-electron chi connectivity index (χ0n) is 20.4. The number of hydrogen-bond donors (Lipinski definition) is 0. The first-order chi connectivity index (χ1) is 14.7. The molecule has 0 unspecified atom stereocenters. The van der Waals surface area contributed by atoms with Gasteiger partial charge in [0.15, 0.2) is 0 Å². The molecule has 2 aliphatic rings. The zero-order chi connectivity index (χ0) is 22.5. The van der Waals surface area contributed by atoms with E-state index in [4.69, 9.17) is 0 Å². The Bertz CT molecular complexity index is 704. The van der Waals surface area contributed by atoms with E-state index < -0.39 is 0 Å². The number of allylic oxidation sites excluding steroid dienone is 3. The Kier molecular flexibility index (Phi) is 8.21. The van der Waals surface area contributed by atoms with Gasteiger partial charge in [-0.1, -0.05) is 42.5 Å². The molecule has 1 aromatic rings. The Labute approximate surface area is 191 Å². The summed E-state index contributed by atoms with van der Waals surface area (Å²) in [6, 6.07) is 9.47. The Morgan fingerprint density at radius 1 is 0.839 bits per heavy atom. The summed E-state index contributed by atoms with van der Waals surface area (Å²) in [6.45, 7) is 12.2. The van der Waals surface area contributed by atoms with Crippen molar-refractivity contribution in [2.45, 2.75) is 115 Å². The molecule has 0 bridgehead atoms. The molecule has 1 aliphatic carbocycles. The second kappa shape index (κ2) is 10.5. The van der Waals surface area contributed by atoms with Crippen LogP contribution in [0.2, 0.25) is 0 Å². The highest BCUT2D eigenvalue weighted by Gasteiger charge is 2.46. The zero-order valence-corrected chi connectivity index (χ0v) is 20.4. The fraction of sp³-hybridized carbons (Fsp3) is 0.655. The largest absolute Gasteiger partial charge is 0.144 e. The van der Waals surface area contributed by atoms with E-state index in [-0.39, 0.29) is 11.1 Å². The Morgan fingerprint density at radius 3 is 1.90 bits per heavy atom. The van der Waals surface area contributed by atoms with E-state index in [9.17, 15) is 5.21 Å². The van der Waals surface area contributed by atoms with Gasteiger partial charge in [0.1, 0.15) is 0 Å². The molecule has 2 nitrogen and oxygen atoms in total. The van der Waals surface area contributed by atoms with Gasteiger partial charge < -0.3 is 0 Å². The van der Waals surface area contributed by atoms with Crippen LogP contribution in [0.25, 0.3) is 0 Å². The van der Waals surface area contributed by atoms with Gasteiger partial charge in [0.25, 0.3) is 0 Å². The summed E-state index contributed by atoms with van der Waals surface area (Å²) >= 11 is 0. The summed E-state index contributed by atoms with van der Waals surface area (Å²) in [4.78, 5) is 0. The number of rotatable bonds is 8. The van der Waals surface area contributed by atoms with E-state index in [1.807, 2.05) is 6.08 Å². The highest BCUT2D eigenvalue weighted by atomic mass is 16.5. The third kappa shape index (κ3) is 6.33. The summed E-state index contributed by atoms with van der Waals surface area (Å²) in [5, 5.41) is 14.0. The minimum absolute atomic E-state index is 0.301. The van der Waals surface area contributed by atoms with Crippen molar-refractivity contribution in [1.29, 1.82) is 0 Å². The summed E-state index contributed by atoms with van der Waals surface area (Å²) in [5.74, 6) is 2.10. The van der Waals surface area contributed by atoms with Crippen molar-refractivity contribution < 1.29 is 5.21 Å². The molecule has 1 radical (unpaired) electrons. The van der Waals surface area contributed by atoms with Crippen molar-refractivity contribution >= 4 is 0 Å². The van der Waals surface area contributed by atoms with Crippen molar-refractivity contribution in [3.05, 3.63) is 60.2 Å². The Hall–Kier alpha value is -1.38. The number of benzene rings is 1. The molecule has 1 aliphatic heterocycles. The van der Waals surface area contributed by atoms with Gasteiger partial charge in [-0.2, -0.15) is 0 Å². The SMILES string of the molecule is C=CCC/C=C/CCC1CCC(c2ccc(C3CC(C)(C)N([O])C(C)(C)C3)cc2)CC1. The van der Waals surface area contributed by atoms with Crippen LogP contribution >= 0.6 is 0 Å². The van der Waals surface area contributed by atoms with Crippen LogP contribution in [0.4, 0.5) is 0 Å². The lowest BCUT2D eigenvalue weighted by atomic mass is 9.72. The average molecular weight is 423 g/mol. The monoisotopic (exact) mass is 422 g/mol. The molecule has 1 saturated carbocycles. The molecule has 0 spiro atoms. The molecular formula is C29H44NO. The second-order valence-electron chi connectivity index (χ2n) is 11.3. The normalized spacial score (nSPS) is 26.9. The quantitative estimate of drug-likeness (QED) is 0.305. The van der Waals surface area contributed by atoms with E-state index in [1.54, 1.807) is 0 Å². The Morgan fingerprint density at radius 2 is 1.35 bits per heavy atom. The third-order valence-corrected chi connectivity index (χ3v) is 7.76. The lowest BCUT2D eigenvalue weighted by molar-refractivity contribution is -0.289. The van der Waals surface area contributed by atoms with Gasteiger partial charge in [0, 0.05) is 11.1 Å². The van der Waals surface area contributed by atoms with E-state index in [0.29, 0.717) is 5.92 Å². The predicted molar refractivity (Wildman–Crippen MR) is 132 cm³/mol. The topological polar surface area (TPSA) is 23.1 Å². The van der Waals surface area contributed by atoms with Crippen LogP contribution in [0.15, 0.2) is 49.1 Å². The van der Waals surface area contributed by atoms with Crippen LogP contribution < -0.4 is 0 Å². The molecule has 2 heteroatoms. The molecule has 3 rings (SSSR count).